The van der Waals surface area contributed by atoms with Crippen molar-refractivity contribution >= 4 is 0 Å². The Morgan fingerprint density at radius 2 is 2.22 bits per heavy atom. The molecule has 5 heteroatoms. The van der Waals surface area contributed by atoms with Crippen LogP contribution < -0.4 is 0 Å². The molecule has 3 heterocycles. The molecule has 2 aromatic heterocycles. The zero-order chi connectivity index (χ0) is 16.2. The Labute approximate surface area is 137 Å². The first-order valence-corrected chi connectivity index (χ1v) is 8.52. The number of rotatable bonds is 5. The first kappa shape index (κ1) is 16.3. The second-order valence-electron chi connectivity index (χ2n) is 6.54. The molecule has 0 radical (unpaired) electrons. The third kappa shape index (κ3) is 3.85. The van der Waals surface area contributed by atoms with E-state index >= 15 is 0 Å². The van der Waals surface area contributed by atoms with Crippen molar-refractivity contribution in [2.24, 2.45) is 0 Å². The average molecular weight is 318 g/mol. The minimum absolute atomic E-state index is 0.353. The summed E-state index contributed by atoms with van der Waals surface area (Å²) in [4.78, 5) is 2.48. The number of aliphatic hydroxyl groups excluding tert-OH is 1. The Hall–Kier alpha value is -1.59. The van der Waals surface area contributed by atoms with Gasteiger partial charge in [-0.15, -0.1) is 0 Å². The molecule has 5 nitrogen and oxygen atoms in total. The van der Waals surface area contributed by atoms with E-state index < -0.39 is 6.10 Å². The number of nitrogens with zero attached hydrogens (tertiary/aromatic N) is 2. The van der Waals surface area contributed by atoms with Crippen molar-refractivity contribution in [1.29, 1.82) is 0 Å². The lowest BCUT2D eigenvalue weighted by atomic mass is 10.0. The van der Waals surface area contributed by atoms with Crippen LogP contribution in [0.1, 0.15) is 61.0 Å². The van der Waals surface area contributed by atoms with Gasteiger partial charge in [0.25, 0.3) is 0 Å². The van der Waals surface area contributed by atoms with Crippen LogP contribution in [-0.4, -0.2) is 27.7 Å². The molecule has 1 saturated heterocycles. The number of furan rings is 1. The SMILES string of the molecule is Cc1noc(C)c1CN1CCCCC[C@@H]1C[C@@H](O)c1ccco1. The average Bonchev–Trinajstić information content (AvgIpc) is 3.11. The highest BCUT2D eigenvalue weighted by atomic mass is 16.5. The van der Waals surface area contributed by atoms with E-state index in [4.69, 9.17) is 8.94 Å². The van der Waals surface area contributed by atoms with Gasteiger partial charge in [-0.3, -0.25) is 4.90 Å². The van der Waals surface area contributed by atoms with E-state index in [1.54, 1.807) is 6.26 Å². The monoisotopic (exact) mass is 318 g/mol. The van der Waals surface area contributed by atoms with Gasteiger partial charge in [0.1, 0.15) is 17.6 Å². The molecule has 1 aliphatic heterocycles. The standard InChI is InChI=1S/C18H26N2O3/c1-13-16(14(2)23-19-13)12-20-9-5-3-4-7-15(20)11-17(21)18-8-6-10-22-18/h6,8,10,15,17,21H,3-5,7,9,11-12H2,1-2H3/t15-,17-/m1/s1. The second-order valence-corrected chi connectivity index (χ2v) is 6.54. The van der Waals surface area contributed by atoms with Gasteiger partial charge in [-0.25, -0.2) is 0 Å². The molecular formula is C18H26N2O3. The number of hydrogen-bond donors (Lipinski definition) is 1. The summed E-state index contributed by atoms with van der Waals surface area (Å²) in [6.07, 6.45) is 6.57. The molecule has 0 spiro atoms. The molecule has 1 fully saturated rings. The minimum Gasteiger partial charge on any atom is -0.467 e. The molecule has 0 saturated carbocycles. The van der Waals surface area contributed by atoms with E-state index in [0.29, 0.717) is 18.2 Å². The lowest BCUT2D eigenvalue weighted by molar-refractivity contribution is 0.0828. The molecule has 3 rings (SSSR count). The molecule has 0 amide bonds. The van der Waals surface area contributed by atoms with Crippen LogP contribution in [0.4, 0.5) is 0 Å². The van der Waals surface area contributed by atoms with Gasteiger partial charge in [-0.05, 0) is 51.8 Å². The van der Waals surface area contributed by atoms with Crippen LogP contribution in [0.3, 0.4) is 0 Å². The Bertz CT molecular complexity index is 586. The van der Waals surface area contributed by atoms with Crippen molar-refractivity contribution in [2.75, 3.05) is 6.54 Å². The van der Waals surface area contributed by atoms with Crippen LogP contribution >= 0.6 is 0 Å². The van der Waals surface area contributed by atoms with Gasteiger partial charge in [0.05, 0.1) is 12.0 Å². The molecule has 0 aliphatic carbocycles. The Morgan fingerprint density at radius 3 is 2.91 bits per heavy atom. The van der Waals surface area contributed by atoms with Crippen LogP contribution in [0.25, 0.3) is 0 Å². The molecule has 2 aromatic rings. The Balaban J connectivity index is 1.72. The predicted molar refractivity (Wildman–Crippen MR) is 86.9 cm³/mol. The van der Waals surface area contributed by atoms with Crippen molar-refractivity contribution in [2.45, 2.75) is 64.6 Å². The number of likely N-dealkylation sites (tertiary alicyclic amines) is 1. The van der Waals surface area contributed by atoms with E-state index in [-0.39, 0.29) is 0 Å². The van der Waals surface area contributed by atoms with Crippen molar-refractivity contribution in [3.05, 3.63) is 41.2 Å². The van der Waals surface area contributed by atoms with Crippen molar-refractivity contribution in [1.82, 2.24) is 10.1 Å². The van der Waals surface area contributed by atoms with Crippen molar-refractivity contribution in [3.63, 3.8) is 0 Å². The molecule has 0 unspecified atom stereocenters. The van der Waals surface area contributed by atoms with Crippen LogP contribution in [0.15, 0.2) is 27.3 Å². The molecule has 2 atom stereocenters. The van der Waals surface area contributed by atoms with Crippen LogP contribution in [0, 0.1) is 13.8 Å². The number of aliphatic hydroxyl groups is 1. The van der Waals surface area contributed by atoms with Gasteiger partial charge >= 0.3 is 0 Å². The van der Waals surface area contributed by atoms with Gasteiger partial charge in [0.2, 0.25) is 0 Å². The summed E-state index contributed by atoms with van der Waals surface area (Å²) in [5.74, 6) is 1.56. The third-order valence-electron chi connectivity index (χ3n) is 4.91. The van der Waals surface area contributed by atoms with Crippen LogP contribution in [0.5, 0.6) is 0 Å². The molecule has 126 valence electrons. The zero-order valence-electron chi connectivity index (χ0n) is 14.0. The van der Waals surface area contributed by atoms with Crippen LogP contribution in [-0.2, 0) is 6.54 Å². The third-order valence-corrected chi connectivity index (χ3v) is 4.91. The number of hydrogen-bond acceptors (Lipinski definition) is 5. The maximum Gasteiger partial charge on any atom is 0.138 e. The second kappa shape index (κ2) is 7.32. The fourth-order valence-corrected chi connectivity index (χ4v) is 3.50. The minimum atomic E-state index is -0.541. The fourth-order valence-electron chi connectivity index (χ4n) is 3.50. The lowest BCUT2D eigenvalue weighted by Gasteiger charge is -2.31. The highest BCUT2D eigenvalue weighted by Crippen LogP contribution is 2.28. The first-order chi connectivity index (χ1) is 11.1. The Kier molecular flexibility index (Phi) is 5.18. The topological polar surface area (TPSA) is 62.6 Å². The highest BCUT2D eigenvalue weighted by Gasteiger charge is 2.26. The lowest BCUT2D eigenvalue weighted by Crippen LogP contribution is -2.35. The molecular weight excluding hydrogens is 292 g/mol. The zero-order valence-corrected chi connectivity index (χ0v) is 14.0. The summed E-state index contributed by atoms with van der Waals surface area (Å²) in [7, 11) is 0. The smallest absolute Gasteiger partial charge is 0.138 e. The predicted octanol–water partition coefficient (Wildman–Crippen LogP) is 3.75. The van der Waals surface area contributed by atoms with Crippen LogP contribution in [0.2, 0.25) is 0 Å². The van der Waals surface area contributed by atoms with E-state index in [1.807, 2.05) is 26.0 Å². The van der Waals surface area contributed by atoms with Crippen molar-refractivity contribution < 1.29 is 14.0 Å². The van der Waals surface area contributed by atoms with E-state index in [9.17, 15) is 5.11 Å². The molecule has 0 aromatic carbocycles. The van der Waals surface area contributed by atoms with Crippen molar-refractivity contribution in [3.8, 4) is 0 Å². The van der Waals surface area contributed by atoms with Gasteiger partial charge in [-0.1, -0.05) is 18.0 Å². The summed E-state index contributed by atoms with van der Waals surface area (Å²) in [5, 5.41) is 14.5. The largest absolute Gasteiger partial charge is 0.467 e. The maximum absolute atomic E-state index is 10.5. The summed E-state index contributed by atoms with van der Waals surface area (Å²) in [6, 6.07) is 4.03. The van der Waals surface area contributed by atoms with E-state index in [2.05, 4.69) is 10.1 Å². The molecule has 23 heavy (non-hydrogen) atoms. The number of aromatic nitrogens is 1. The summed E-state index contributed by atoms with van der Waals surface area (Å²) in [6.45, 7) is 5.87. The van der Waals surface area contributed by atoms with E-state index in [1.165, 1.54) is 24.8 Å². The molecule has 0 bridgehead atoms. The summed E-state index contributed by atoms with van der Waals surface area (Å²) in [5.41, 5.74) is 2.15. The summed E-state index contributed by atoms with van der Waals surface area (Å²) >= 11 is 0. The highest BCUT2D eigenvalue weighted by molar-refractivity contribution is 5.20. The van der Waals surface area contributed by atoms with Gasteiger partial charge in [-0.2, -0.15) is 0 Å². The molecule has 1 aliphatic rings. The van der Waals surface area contributed by atoms with Gasteiger partial charge in [0, 0.05) is 18.2 Å². The van der Waals surface area contributed by atoms with Gasteiger partial charge < -0.3 is 14.0 Å². The summed E-state index contributed by atoms with van der Waals surface area (Å²) < 4.78 is 10.7. The van der Waals surface area contributed by atoms with E-state index in [0.717, 1.165) is 31.0 Å². The maximum atomic E-state index is 10.5. The Morgan fingerprint density at radius 1 is 1.35 bits per heavy atom. The number of aryl methyl sites for hydroxylation is 2. The quantitative estimate of drug-likeness (QED) is 0.909. The van der Waals surface area contributed by atoms with Gasteiger partial charge in [0.15, 0.2) is 0 Å². The molecule has 1 N–H and O–H groups in total. The normalized spacial score (nSPS) is 21.3. The fraction of sp³-hybridized carbons (Fsp3) is 0.611. The first-order valence-electron chi connectivity index (χ1n) is 8.52.